The Balaban J connectivity index is 1.68. The predicted molar refractivity (Wildman–Crippen MR) is 95.8 cm³/mol. The second-order valence-corrected chi connectivity index (χ2v) is 7.00. The molecule has 4 rings (SSSR count). The van der Waals surface area contributed by atoms with Crippen molar-refractivity contribution < 1.29 is 9.32 Å². The lowest BCUT2D eigenvalue weighted by Gasteiger charge is -2.15. The summed E-state index contributed by atoms with van der Waals surface area (Å²) in [5, 5.41) is 8.34. The first-order chi connectivity index (χ1) is 12.0. The van der Waals surface area contributed by atoms with Crippen LogP contribution in [0.4, 0.5) is 0 Å². The molecule has 25 heavy (non-hydrogen) atoms. The van der Waals surface area contributed by atoms with E-state index in [2.05, 4.69) is 15.5 Å². The number of amides is 1. The van der Waals surface area contributed by atoms with Gasteiger partial charge in [0.15, 0.2) is 0 Å². The van der Waals surface area contributed by atoms with Crippen molar-refractivity contribution in [3.8, 4) is 0 Å². The molecule has 1 aliphatic carbocycles. The fraction of sp³-hybridized carbons (Fsp3) is 0.316. The molecule has 1 N–H and O–H groups in total. The number of halogens is 1. The number of pyridine rings is 1. The Labute approximate surface area is 150 Å². The molecule has 1 aliphatic rings. The van der Waals surface area contributed by atoms with Gasteiger partial charge in [0.05, 0.1) is 22.7 Å². The smallest absolute Gasteiger partial charge is 0.259 e. The quantitative estimate of drug-likeness (QED) is 0.745. The van der Waals surface area contributed by atoms with Crippen LogP contribution in [-0.4, -0.2) is 16.0 Å². The first-order valence-corrected chi connectivity index (χ1v) is 8.74. The zero-order chi connectivity index (χ0) is 17.6. The Morgan fingerprint density at radius 1 is 1.36 bits per heavy atom. The number of benzene rings is 1. The summed E-state index contributed by atoms with van der Waals surface area (Å²) in [6.45, 7) is 3.76. The standard InChI is InChI=1S/C19H18ClN3O2/c1-10(13-4-3-5-14(20)8-13)21-18(24)15-9-16(12-6-7-12)22-19-17(15)11(2)23-25-19/h3-5,8-10,12H,6-7H2,1-2H3,(H,21,24). The van der Waals surface area contributed by atoms with Crippen LogP contribution in [-0.2, 0) is 0 Å². The van der Waals surface area contributed by atoms with E-state index in [4.69, 9.17) is 16.1 Å². The van der Waals surface area contributed by atoms with Gasteiger partial charge in [-0.15, -0.1) is 0 Å². The van der Waals surface area contributed by atoms with E-state index in [1.165, 1.54) is 0 Å². The summed E-state index contributed by atoms with van der Waals surface area (Å²) in [5.41, 5.74) is 3.53. The van der Waals surface area contributed by atoms with Crippen molar-refractivity contribution in [2.75, 3.05) is 0 Å². The molecule has 2 heterocycles. The van der Waals surface area contributed by atoms with Gasteiger partial charge in [0.2, 0.25) is 0 Å². The number of aromatic nitrogens is 2. The fourth-order valence-electron chi connectivity index (χ4n) is 3.01. The molecular weight excluding hydrogens is 338 g/mol. The van der Waals surface area contributed by atoms with Gasteiger partial charge >= 0.3 is 0 Å². The van der Waals surface area contributed by atoms with Gasteiger partial charge in [0.25, 0.3) is 11.6 Å². The predicted octanol–water partition coefficient (Wildman–Crippen LogP) is 4.55. The summed E-state index contributed by atoms with van der Waals surface area (Å²) >= 11 is 6.05. The number of rotatable bonds is 4. The van der Waals surface area contributed by atoms with Crippen molar-refractivity contribution in [2.45, 2.75) is 38.6 Å². The van der Waals surface area contributed by atoms with E-state index in [1.54, 1.807) is 0 Å². The molecule has 1 fully saturated rings. The molecule has 1 amide bonds. The Kier molecular flexibility index (Phi) is 3.96. The van der Waals surface area contributed by atoms with Crippen molar-refractivity contribution in [1.82, 2.24) is 15.5 Å². The van der Waals surface area contributed by atoms with Crippen LogP contribution >= 0.6 is 11.6 Å². The van der Waals surface area contributed by atoms with Gasteiger partial charge in [-0.25, -0.2) is 4.98 Å². The van der Waals surface area contributed by atoms with Gasteiger partial charge in [-0.2, -0.15) is 0 Å². The molecule has 2 aromatic heterocycles. The van der Waals surface area contributed by atoms with Crippen LogP contribution in [0.25, 0.3) is 11.1 Å². The highest BCUT2D eigenvalue weighted by atomic mass is 35.5. The van der Waals surface area contributed by atoms with Gasteiger partial charge in [0, 0.05) is 16.6 Å². The number of aryl methyl sites for hydroxylation is 1. The summed E-state index contributed by atoms with van der Waals surface area (Å²) in [4.78, 5) is 17.5. The highest BCUT2D eigenvalue weighted by Crippen LogP contribution is 2.40. The first kappa shape index (κ1) is 16.1. The van der Waals surface area contributed by atoms with Crippen LogP contribution in [0.5, 0.6) is 0 Å². The number of carbonyl (C=O) groups excluding carboxylic acids is 1. The largest absolute Gasteiger partial charge is 0.345 e. The Morgan fingerprint density at radius 3 is 2.88 bits per heavy atom. The van der Waals surface area contributed by atoms with E-state index in [-0.39, 0.29) is 11.9 Å². The second kappa shape index (κ2) is 6.15. The van der Waals surface area contributed by atoms with Crippen LogP contribution in [0, 0.1) is 6.92 Å². The van der Waals surface area contributed by atoms with Crippen molar-refractivity contribution >= 4 is 28.6 Å². The van der Waals surface area contributed by atoms with Gasteiger partial charge in [-0.3, -0.25) is 4.79 Å². The minimum atomic E-state index is -0.168. The van der Waals surface area contributed by atoms with Gasteiger partial charge in [-0.1, -0.05) is 28.9 Å². The SMILES string of the molecule is Cc1noc2nc(C3CC3)cc(C(=O)NC(C)c3cccc(Cl)c3)c12. The van der Waals surface area contributed by atoms with Gasteiger partial charge < -0.3 is 9.84 Å². The molecule has 1 saturated carbocycles. The van der Waals surface area contributed by atoms with E-state index < -0.39 is 0 Å². The normalized spacial score (nSPS) is 15.3. The van der Waals surface area contributed by atoms with Crippen LogP contribution < -0.4 is 5.32 Å². The van der Waals surface area contributed by atoms with E-state index in [9.17, 15) is 4.79 Å². The number of nitrogens with zero attached hydrogens (tertiary/aromatic N) is 2. The topological polar surface area (TPSA) is 68.0 Å². The summed E-state index contributed by atoms with van der Waals surface area (Å²) < 4.78 is 5.30. The molecule has 1 unspecified atom stereocenters. The fourth-order valence-corrected chi connectivity index (χ4v) is 3.21. The highest BCUT2D eigenvalue weighted by Gasteiger charge is 2.29. The van der Waals surface area contributed by atoms with E-state index in [0.717, 1.165) is 24.1 Å². The lowest BCUT2D eigenvalue weighted by atomic mass is 10.1. The van der Waals surface area contributed by atoms with Gasteiger partial charge in [0.1, 0.15) is 0 Å². The van der Waals surface area contributed by atoms with Crippen molar-refractivity contribution in [2.24, 2.45) is 0 Å². The van der Waals surface area contributed by atoms with Crippen LogP contribution in [0.1, 0.15) is 59.0 Å². The molecule has 5 nitrogen and oxygen atoms in total. The molecule has 0 radical (unpaired) electrons. The van der Waals surface area contributed by atoms with E-state index in [1.807, 2.05) is 44.2 Å². The highest BCUT2D eigenvalue weighted by molar-refractivity contribution is 6.30. The van der Waals surface area contributed by atoms with Crippen molar-refractivity contribution in [1.29, 1.82) is 0 Å². The minimum absolute atomic E-state index is 0.159. The van der Waals surface area contributed by atoms with E-state index >= 15 is 0 Å². The van der Waals surface area contributed by atoms with Crippen molar-refractivity contribution in [3.63, 3.8) is 0 Å². The molecule has 0 bridgehead atoms. The Morgan fingerprint density at radius 2 is 2.16 bits per heavy atom. The maximum absolute atomic E-state index is 12.9. The summed E-state index contributed by atoms with van der Waals surface area (Å²) in [5.74, 6) is 0.264. The number of nitrogens with one attached hydrogen (secondary N) is 1. The molecule has 1 aromatic carbocycles. The zero-order valence-corrected chi connectivity index (χ0v) is 14.8. The zero-order valence-electron chi connectivity index (χ0n) is 14.0. The number of hydrogen-bond acceptors (Lipinski definition) is 4. The average Bonchev–Trinajstić information content (AvgIpc) is 3.38. The summed E-state index contributed by atoms with van der Waals surface area (Å²) in [6, 6.07) is 9.20. The first-order valence-electron chi connectivity index (χ1n) is 8.36. The lowest BCUT2D eigenvalue weighted by molar-refractivity contribution is 0.0941. The maximum atomic E-state index is 12.9. The number of hydrogen-bond donors (Lipinski definition) is 1. The molecule has 0 aliphatic heterocycles. The van der Waals surface area contributed by atoms with E-state index in [0.29, 0.717) is 33.3 Å². The van der Waals surface area contributed by atoms with Crippen molar-refractivity contribution in [3.05, 3.63) is 57.9 Å². The number of carbonyl (C=O) groups is 1. The second-order valence-electron chi connectivity index (χ2n) is 6.57. The van der Waals surface area contributed by atoms with Crippen LogP contribution in [0.15, 0.2) is 34.9 Å². The molecular formula is C19H18ClN3O2. The molecule has 0 saturated heterocycles. The number of fused-ring (bicyclic) bond motifs is 1. The third-order valence-corrected chi connectivity index (χ3v) is 4.81. The molecule has 1 atom stereocenters. The van der Waals surface area contributed by atoms with Crippen LogP contribution in [0.3, 0.4) is 0 Å². The molecule has 0 spiro atoms. The van der Waals surface area contributed by atoms with Crippen LogP contribution in [0.2, 0.25) is 5.02 Å². The minimum Gasteiger partial charge on any atom is -0.345 e. The summed E-state index contributed by atoms with van der Waals surface area (Å²) in [7, 11) is 0. The third kappa shape index (κ3) is 3.12. The third-order valence-electron chi connectivity index (χ3n) is 4.57. The summed E-state index contributed by atoms with van der Waals surface area (Å²) in [6.07, 6.45) is 2.21. The average molecular weight is 356 g/mol. The molecule has 3 aromatic rings. The molecule has 128 valence electrons. The maximum Gasteiger partial charge on any atom is 0.259 e. The Bertz CT molecular complexity index is 962. The lowest BCUT2D eigenvalue weighted by Crippen LogP contribution is -2.27. The molecule has 6 heteroatoms. The Hall–Kier alpha value is -2.40. The van der Waals surface area contributed by atoms with Gasteiger partial charge in [-0.05, 0) is 50.5 Å². The monoisotopic (exact) mass is 355 g/mol.